The summed E-state index contributed by atoms with van der Waals surface area (Å²) in [5.74, 6) is -5.89. The standard InChI is InChI=1S/2C10H22O7.6C3H4O2/c2*11-1-9(2-12,3-13)7-17-8-10(4-14,5-15)6-16;6*1-2-3(4)5/h2*11-16H,1-8H2;6*2H,1H2,(H,4,5). The van der Waals surface area contributed by atoms with E-state index < -0.39 is 137 Å². The molecule has 64 heavy (non-hydrogen) atoms. The quantitative estimate of drug-likeness (QED) is 0.0363. The van der Waals surface area contributed by atoms with Gasteiger partial charge in [0, 0.05) is 36.5 Å². The molecule has 0 spiro atoms. The fourth-order valence-electron chi connectivity index (χ4n) is 2.12. The van der Waals surface area contributed by atoms with Crippen molar-refractivity contribution in [3.8, 4) is 0 Å². The molecule has 0 aromatic carbocycles. The summed E-state index contributed by atoms with van der Waals surface area (Å²) in [6, 6.07) is 0. The van der Waals surface area contributed by atoms with Crippen LogP contribution in [0.3, 0.4) is 0 Å². The van der Waals surface area contributed by atoms with E-state index in [0.29, 0.717) is 0 Å². The SMILES string of the molecule is C=CC(=O)O.C=CC(=O)O.C=CC(=O)O.C=CC(=O)O.C=CC(=O)O.C=CC(=O)O.OCC(CO)(CO)COCC(CO)(CO)CO.OCC(CO)(CO)COCC(CO)(CO)CO. The van der Waals surface area contributed by atoms with Crippen molar-refractivity contribution in [2.45, 2.75) is 0 Å². The number of ether oxygens (including phenoxy) is 2. The van der Waals surface area contributed by atoms with E-state index in [0.717, 1.165) is 36.5 Å². The Kier molecular flexibility index (Phi) is 59.8. The average molecular weight is 941 g/mol. The van der Waals surface area contributed by atoms with Gasteiger partial charge in [-0.2, -0.15) is 0 Å². The minimum atomic E-state index is -1.16. The van der Waals surface area contributed by atoms with Crippen LogP contribution in [0, 0.1) is 21.7 Å². The van der Waals surface area contributed by atoms with Crippen molar-refractivity contribution < 1.29 is 130 Å². The zero-order valence-electron chi connectivity index (χ0n) is 35.3. The van der Waals surface area contributed by atoms with Gasteiger partial charge in [-0.3, -0.25) is 0 Å². The second kappa shape index (κ2) is 50.3. The first-order chi connectivity index (χ1) is 29.8. The molecule has 0 bridgehead atoms. The predicted octanol–water partition coefficient (Wildman–Crippen LogP) is -4.60. The van der Waals surface area contributed by atoms with Gasteiger partial charge in [-0.25, -0.2) is 28.8 Å². The minimum absolute atomic E-state index is 0.141. The molecule has 0 amide bonds. The molecule has 26 heteroatoms. The summed E-state index contributed by atoms with van der Waals surface area (Å²) in [6.45, 7) is 11.8. The molecule has 0 saturated carbocycles. The van der Waals surface area contributed by atoms with Gasteiger partial charge in [0.25, 0.3) is 0 Å². The van der Waals surface area contributed by atoms with Gasteiger partial charge in [0.15, 0.2) is 0 Å². The first kappa shape index (κ1) is 76.0. The van der Waals surface area contributed by atoms with Gasteiger partial charge in [-0.1, -0.05) is 39.5 Å². The molecule has 0 saturated heterocycles. The van der Waals surface area contributed by atoms with Crippen LogP contribution in [-0.4, -0.2) is 233 Å². The van der Waals surface area contributed by atoms with E-state index in [1.807, 2.05) is 0 Å². The number of carboxylic acid groups (broad SMARTS) is 6. The Bertz CT molecular complexity index is 1010. The third kappa shape index (κ3) is 51.1. The highest BCUT2D eigenvalue weighted by molar-refractivity contribution is 5.80. The third-order valence-corrected chi connectivity index (χ3v) is 6.71. The monoisotopic (exact) mass is 940 g/mol. The summed E-state index contributed by atoms with van der Waals surface area (Å²) >= 11 is 0. The number of aliphatic carboxylic acids is 6. The van der Waals surface area contributed by atoms with Crippen molar-refractivity contribution in [2.75, 3.05) is 106 Å². The summed E-state index contributed by atoms with van der Waals surface area (Å²) in [5, 5.41) is 154. The summed E-state index contributed by atoms with van der Waals surface area (Å²) in [6.07, 6.45) is 5.00. The first-order valence-electron chi connectivity index (χ1n) is 17.4. The molecule has 18 N–H and O–H groups in total. The van der Waals surface area contributed by atoms with Gasteiger partial charge in [-0.05, 0) is 0 Å². The van der Waals surface area contributed by atoms with Crippen LogP contribution in [0.1, 0.15) is 0 Å². The van der Waals surface area contributed by atoms with Gasteiger partial charge in [0.2, 0.25) is 0 Å². The maximum atomic E-state index is 9.25. The highest BCUT2D eigenvalue weighted by Gasteiger charge is 2.34. The van der Waals surface area contributed by atoms with Gasteiger partial charge < -0.3 is 101 Å². The van der Waals surface area contributed by atoms with E-state index >= 15 is 0 Å². The molecule has 26 nitrogen and oxygen atoms in total. The van der Waals surface area contributed by atoms with Crippen molar-refractivity contribution in [3.05, 3.63) is 75.9 Å². The average Bonchev–Trinajstić information content (AvgIpc) is 3.31. The summed E-state index contributed by atoms with van der Waals surface area (Å²) in [4.78, 5) is 55.5. The third-order valence-electron chi connectivity index (χ3n) is 6.71. The number of carboxylic acids is 6. The van der Waals surface area contributed by atoms with E-state index in [1.165, 1.54) is 0 Å². The Labute approximate surface area is 369 Å². The maximum absolute atomic E-state index is 9.25. The molecular formula is C38H68O26. The molecule has 0 atom stereocenters. The fraction of sp³-hybridized carbons (Fsp3) is 0.526. The number of hydrogen-bond acceptors (Lipinski definition) is 20. The normalized spacial score (nSPS) is 9.94. The van der Waals surface area contributed by atoms with Crippen molar-refractivity contribution in [1.82, 2.24) is 0 Å². The zero-order valence-corrected chi connectivity index (χ0v) is 35.3. The molecular weight excluding hydrogens is 872 g/mol. The van der Waals surface area contributed by atoms with Crippen LogP contribution in [0.4, 0.5) is 0 Å². The fourth-order valence-corrected chi connectivity index (χ4v) is 2.12. The lowest BCUT2D eigenvalue weighted by Gasteiger charge is -2.31. The largest absolute Gasteiger partial charge is 0.478 e. The zero-order chi connectivity index (χ0) is 52.4. The van der Waals surface area contributed by atoms with Crippen molar-refractivity contribution in [2.24, 2.45) is 21.7 Å². The molecule has 0 aromatic rings. The minimum Gasteiger partial charge on any atom is -0.478 e. The molecule has 0 aliphatic carbocycles. The highest BCUT2D eigenvalue weighted by Crippen LogP contribution is 2.21. The molecule has 0 aliphatic rings. The van der Waals surface area contributed by atoms with E-state index in [4.69, 9.17) is 101 Å². The predicted molar refractivity (Wildman–Crippen MR) is 223 cm³/mol. The molecule has 0 unspecified atom stereocenters. The maximum Gasteiger partial charge on any atom is 0.327 e. The van der Waals surface area contributed by atoms with E-state index in [9.17, 15) is 28.8 Å². The summed E-state index contributed by atoms with van der Waals surface area (Å²) in [5.41, 5.74) is -4.64. The molecule has 0 radical (unpaired) electrons. The van der Waals surface area contributed by atoms with Gasteiger partial charge in [-0.15, -0.1) is 0 Å². The molecule has 0 aliphatic heterocycles. The van der Waals surface area contributed by atoms with Gasteiger partial charge in [0.1, 0.15) is 0 Å². The Hall–Kier alpha value is -5.30. The Morgan fingerprint density at radius 3 is 0.406 bits per heavy atom. The van der Waals surface area contributed by atoms with Crippen LogP contribution in [-0.2, 0) is 38.2 Å². The van der Waals surface area contributed by atoms with Crippen LogP contribution in [0.25, 0.3) is 0 Å². The van der Waals surface area contributed by atoms with Gasteiger partial charge in [0.05, 0.1) is 127 Å². The number of carbonyl (C=O) groups is 6. The van der Waals surface area contributed by atoms with Crippen LogP contribution < -0.4 is 0 Å². The Morgan fingerprint density at radius 2 is 0.359 bits per heavy atom. The molecule has 0 fully saturated rings. The summed E-state index contributed by atoms with van der Waals surface area (Å²) in [7, 11) is 0. The topological polar surface area (TPSA) is 485 Å². The highest BCUT2D eigenvalue weighted by atomic mass is 16.5. The number of rotatable bonds is 26. The molecule has 376 valence electrons. The number of aliphatic hydroxyl groups excluding tert-OH is 12. The second-order valence-electron chi connectivity index (χ2n) is 12.1. The Balaban J connectivity index is -0.000000102. The second-order valence-corrected chi connectivity index (χ2v) is 12.1. The van der Waals surface area contributed by atoms with E-state index in [-0.39, 0.29) is 26.4 Å². The number of aliphatic hydroxyl groups is 12. The van der Waals surface area contributed by atoms with Crippen molar-refractivity contribution in [1.29, 1.82) is 0 Å². The van der Waals surface area contributed by atoms with E-state index in [1.54, 1.807) is 0 Å². The van der Waals surface area contributed by atoms with Crippen LogP contribution in [0.5, 0.6) is 0 Å². The van der Waals surface area contributed by atoms with E-state index in [2.05, 4.69) is 39.5 Å². The van der Waals surface area contributed by atoms with Crippen LogP contribution in [0.15, 0.2) is 75.9 Å². The van der Waals surface area contributed by atoms with Gasteiger partial charge >= 0.3 is 35.8 Å². The van der Waals surface area contributed by atoms with Crippen LogP contribution >= 0.6 is 0 Å². The lowest BCUT2D eigenvalue weighted by molar-refractivity contribution is -0.132. The molecule has 0 rings (SSSR count). The van der Waals surface area contributed by atoms with Crippen molar-refractivity contribution >= 4 is 35.8 Å². The molecule has 0 aromatic heterocycles. The summed E-state index contributed by atoms with van der Waals surface area (Å²) < 4.78 is 10.3. The van der Waals surface area contributed by atoms with Crippen LogP contribution in [0.2, 0.25) is 0 Å². The van der Waals surface area contributed by atoms with Crippen molar-refractivity contribution in [3.63, 3.8) is 0 Å². The Morgan fingerprint density at radius 1 is 0.281 bits per heavy atom. The smallest absolute Gasteiger partial charge is 0.327 e. The molecule has 0 heterocycles. The lowest BCUT2D eigenvalue weighted by Crippen LogP contribution is -2.43. The first-order valence-corrected chi connectivity index (χ1v) is 17.4. The lowest BCUT2D eigenvalue weighted by atomic mass is 9.91. The number of hydrogen-bond donors (Lipinski definition) is 18.